The number of nitro groups is 2. The molecule has 1 aliphatic rings. The maximum Gasteiger partial charge on any atom is 0.330 e. The zero-order chi connectivity index (χ0) is 22.0. The normalized spacial score (nSPS) is 20.9. The molecule has 14 heteroatoms. The summed E-state index contributed by atoms with van der Waals surface area (Å²) < 4.78 is 6.97. The predicted molar refractivity (Wildman–Crippen MR) is 109 cm³/mol. The number of aryl methyl sites for hydroxylation is 1. The Hall–Kier alpha value is -2.68. The summed E-state index contributed by atoms with van der Waals surface area (Å²) in [6.45, 7) is 1.21. The molecule has 3 atom stereocenters. The van der Waals surface area contributed by atoms with Crippen molar-refractivity contribution >= 4 is 33.0 Å². The van der Waals surface area contributed by atoms with Gasteiger partial charge in [-0.3, -0.25) is 34.6 Å². The fourth-order valence-corrected chi connectivity index (χ4v) is 5.68. The van der Waals surface area contributed by atoms with Crippen LogP contribution in [0.4, 0.5) is 11.4 Å². The molecule has 0 bridgehead atoms. The molecule has 0 radical (unpaired) electrons. The van der Waals surface area contributed by atoms with Crippen molar-refractivity contribution in [3.8, 4) is 0 Å². The minimum absolute atomic E-state index is 0.216. The molecule has 0 aliphatic carbocycles. The van der Waals surface area contributed by atoms with Gasteiger partial charge in [0.05, 0.1) is 33.5 Å². The van der Waals surface area contributed by atoms with Crippen LogP contribution in [0, 0.1) is 27.2 Å². The second-order valence-electron chi connectivity index (χ2n) is 6.41. The van der Waals surface area contributed by atoms with Crippen LogP contribution < -0.4 is 11.2 Å². The topological polar surface area (TPSA) is 171 Å². The van der Waals surface area contributed by atoms with E-state index < -0.39 is 39.1 Å². The first kappa shape index (κ1) is 22.0. The third kappa shape index (κ3) is 4.56. The molecule has 0 amide bonds. The Kier molecular flexibility index (Phi) is 6.60. The van der Waals surface area contributed by atoms with E-state index in [1.807, 2.05) is 0 Å². The minimum Gasteiger partial charge on any atom is -0.394 e. The van der Waals surface area contributed by atoms with Gasteiger partial charge in [0.2, 0.25) is 0 Å². The van der Waals surface area contributed by atoms with Crippen LogP contribution in [0.5, 0.6) is 0 Å². The zero-order valence-electron chi connectivity index (χ0n) is 15.4. The summed E-state index contributed by atoms with van der Waals surface area (Å²) in [5.41, 5.74) is -1.60. The summed E-state index contributed by atoms with van der Waals surface area (Å²) in [6, 6.07) is 3.37. The van der Waals surface area contributed by atoms with Crippen molar-refractivity contribution in [2.24, 2.45) is 0 Å². The number of non-ortho nitro benzene ring substituents is 1. The number of hydrogen-bond acceptors (Lipinski definition) is 10. The van der Waals surface area contributed by atoms with E-state index in [2.05, 4.69) is 4.98 Å². The maximum atomic E-state index is 12.1. The molecular formula is C16H16N4O8S2. The van der Waals surface area contributed by atoms with Crippen LogP contribution in [-0.2, 0) is 4.74 Å². The number of ether oxygens (including phenoxy) is 1. The van der Waals surface area contributed by atoms with Gasteiger partial charge in [-0.05, 0) is 13.0 Å². The van der Waals surface area contributed by atoms with Crippen molar-refractivity contribution in [1.82, 2.24) is 9.55 Å². The second kappa shape index (κ2) is 8.99. The Morgan fingerprint density at radius 1 is 1.30 bits per heavy atom. The average Bonchev–Trinajstić information content (AvgIpc) is 3.11. The van der Waals surface area contributed by atoms with Gasteiger partial charge >= 0.3 is 5.69 Å². The second-order valence-corrected chi connectivity index (χ2v) is 8.89. The lowest BCUT2D eigenvalue weighted by atomic mass is 10.2. The van der Waals surface area contributed by atoms with Crippen molar-refractivity contribution in [1.29, 1.82) is 0 Å². The molecule has 1 aromatic heterocycles. The third-order valence-corrected chi connectivity index (χ3v) is 7.36. The van der Waals surface area contributed by atoms with Crippen LogP contribution >= 0.6 is 21.6 Å². The number of nitrogens with zero attached hydrogens (tertiary/aromatic N) is 3. The Labute approximate surface area is 176 Å². The van der Waals surface area contributed by atoms with E-state index in [0.717, 1.165) is 16.9 Å². The number of benzene rings is 1. The van der Waals surface area contributed by atoms with Crippen LogP contribution in [0.3, 0.4) is 0 Å². The van der Waals surface area contributed by atoms with Crippen LogP contribution in [0.2, 0.25) is 0 Å². The number of aliphatic hydroxyl groups is 1. The number of aromatic amines is 1. The molecule has 30 heavy (non-hydrogen) atoms. The summed E-state index contributed by atoms with van der Waals surface area (Å²) in [5.74, 6) is 0. The van der Waals surface area contributed by atoms with Gasteiger partial charge in [-0.25, -0.2) is 4.79 Å². The van der Waals surface area contributed by atoms with E-state index in [-0.39, 0.29) is 22.4 Å². The van der Waals surface area contributed by atoms with E-state index in [4.69, 9.17) is 4.74 Å². The third-order valence-electron chi connectivity index (χ3n) is 4.43. The number of rotatable bonds is 7. The van der Waals surface area contributed by atoms with Crippen LogP contribution in [0.15, 0.2) is 38.9 Å². The van der Waals surface area contributed by atoms with Crippen molar-refractivity contribution < 1.29 is 19.7 Å². The zero-order valence-corrected chi connectivity index (χ0v) is 17.1. The molecule has 1 aromatic carbocycles. The average molecular weight is 456 g/mol. The van der Waals surface area contributed by atoms with Crippen molar-refractivity contribution in [3.05, 3.63) is 71.0 Å². The largest absolute Gasteiger partial charge is 0.394 e. The molecule has 1 fully saturated rings. The van der Waals surface area contributed by atoms with E-state index in [1.54, 1.807) is 6.92 Å². The minimum atomic E-state index is -0.727. The molecule has 160 valence electrons. The number of nitro benzene ring substituents is 2. The van der Waals surface area contributed by atoms with Gasteiger partial charge in [0.15, 0.2) is 0 Å². The molecule has 1 saturated heterocycles. The first-order valence-corrected chi connectivity index (χ1v) is 10.8. The Morgan fingerprint density at radius 2 is 2.03 bits per heavy atom. The quantitative estimate of drug-likeness (QED) is 0.355. The van der Waals surface area contributed by atoms with Gasteiger partial charge in [-0.15, -0.1) is 0 Å². The lowest BCUT2D eigenvalue weighted by Crippen LogP contribution is -2.33. The SMILES string of the molecule is Cc1cn([C@H]2C[C@@H](SSc3ccc([N+](=O)[O-])cc3[N+](=O)[O-])[C@@H](CO)O2)c(=O)[nH]c1=O. The lowest BCUT2D eigenvalue weighted by molar-refractivity contribution is -0.396. The van der Waals surface area contributed by atoms with Crippen LogP contribution in [-0.4, -0.2) is 42.5 Å². The molecule has 2 aromatic rings. The summed E-state index contributed by atoms with van der Waals surface area (Å²) >= 11 is 0. The summed E-state index contributed by atoms with van der Waals surface area (Å²) in [6.07, 6.45) is 0.301. The fourth-order valence-electron chi connectivity index (χ4n) is 2.88. The van der Waals surface area contributed by atoms with E-state index in [1.165, 1.54) is 33.7 Å². The first-order chi connectivity index (χ1) is 14.2. The van der Waals surface area contributed by atoms with Gasteiger partial charge in [-0.1, -0.05) is 21.6 Å². The smallest absolute Gasteiger partial charge is 0.330 e. The standard InChI is InChI=1S/C16H16N4O8S2/c1-8-6-18(16(23)17-15(8)22)14-5-13(11(7-21)28-14)30-29-12-3-2-9(19(24)25)4-10(12)20(26)27/h2-4,6,11,13-14,21H,5,7H2,1H3,(H,17,22,23)/t11-,13-,14-/m1/s1. The Balaban J connectivity index is 1.78. The summed E-state index contributed by atoms with van der Waals surface area (Å²) in [5, 5.41) is 31.4. The van der Waals surface area contributed by atoms with Crippen molar-refractivity contribution in [2.75, 3.05) is 6.61 Å². The molecule has 2 N–H and O–H groups in total. The van der Waals surface area contributed by atoms with Crippen LogP contribution in [0.25, 0.3) is 0 Å². The Bertz CT molecular complexity index is 1100. The van der Waals surface area contributed by atoms with Gasteiger partial charge in [-0.2, -0.15) is 0 Å². The molecule has 2 heterocycles. The highest BCUT2D eigenvalue weighted by Gasteiger charge is 2.37. The molecule has 0 unspecified atom stereocenters. The van der Waals surface area contributed by atoms with Crippen LogP contribution in [0.1, 0.15) is 18.2 Å². The lowest BCUT2D eigenvalue weighted by Gasteiger charge is -2.15. The first-order valence-electron chi connectivity index (χ1n) is 8.55. The monoisotopic (exact) mass is 456 g/mol. The molecular weight excluding hydrogens is 440 g/mol. The van der Waals surface area contributed by atoms with Crippen molar-refractivity contribution in [2.45, 2.75) is 35.8 Å². The molecule has 3 rings (SSSR count). The fraction of sp³-hybridized carbons (Fsp3) is 0.375. The van der Waals surface area contributed by atoms with E-state index in [0.29, 0.717) is 12.0 Å². The van der Waals surface area contributed by atoms with E-state index >= 15 is 0 Å². The predicted octanol–water partition coefficient (Wildman–Crippen LogP) is 1.75. The highest BCUT2D eigenvalue weighted by Crippen LogP contribution is 2.46. The summed E-state index contributed by atoms with van der Waals surface area (Å²) in [4.78, 5) is 46.8. The number of aromatic nitrogens is 2. The maximum absolute atomic E-state index is 12.1. The van der Waals surface area contributed by atoms with E-state index in [9.17, 15) is 34.9 Å². The summed E-state index contributed by atoms with van der Waals surface area (Å²) in [7, 11) is 2.23. The van der Waals surface area contributed by atoms with Gasteiger partial charge < -0.3 is 9.84 Å². The Morgan fingerprint density at radius 3 is 2.67 bits per heavy atom. The van der Waals surface area contributed by atoms with Gasteiger partial charge in [0, 0.05) is 29.5 Å². The molecule has 1 aliphatic heterocycles. The highest BCUT2D eigenvalue weighted by atomic mass is 33.1. The molecule has 12 nitrogen and oxygen atoms in total. The number of nitrogens with one attached hydrogen (secondary N) is 1. The number of H-pyrrole nitrogens is 1. The highest BCUT2D eigenvalue weighted by molar-refractivity contribution is 8.77. The molecule has 0 saturated carbocycles. The number of hydrogen-bond donors (Lipinski definition) is 2. The van der Waals surface area contributed by atoms with Gasteiger partial charge in [0.25, 0.3) is 16.9 Å². The number of aliphatic hydroxyl groups excluding tert-OH is 1. The van der Waals surface area contributed by atoms with Crippen molar-refractivity contribution in [3.63, 3.8) is 0 Å². The van der Waals surface area contributed by atoms with Gasteiger partial charge in [0.1, 0.15) is 6.23 Å². The molecule has 0 spiro atoms.